The molecule has 0 aromatic heterocycles. The molecule has 0 amide bonds. The third-order valence-corrected chi connectivity index (χ3v) is 5.05. The van der Waals surface area contributed by atoms with E-state index in [4.69, 9.17) is 0 Å². The molecule has 3 aromatic rings. The molecule has 4 heteroatoms. The highest BCUT2D eigenvalue weighted by atomic mass is 19.3. The van der Waals surface area contributed by atoms with E-state index in [0.29, 0.717) is 24.2 Å². The summed E-state index contributed by atoms with van der Waals surface area (Å²) >= 11 is 0. The monoisotopic (exact) mass is 363 g/mol. The zero-order valence-electron chi connectivity index (χ0n) is 14.7. The zero-order valence-corrected chi connectivity index (χ0v) is 14.7. The van der Waals surface area contributed by atoms with Crippen LogP contribution < -0.4 is 4.90 Å². The number of carbonyl (C=O) groups excluding carboxylic acids is 1. The maximum absolute atomic E-state index is 15.6. The molecular formula is C23H19F2NO. The minimum absolute atomic E-state index is 0.0265. The average molecular weight is 363 g/mol. The Morgan fingerprint density at radius 3 is 2.15 bits per heavy atom. The Balaban J connectivity index is 1.83. The average Bonchev–Trinajstić information content (AvgIpc) is 2.73. The van der Waals surface area contributed by atoms with Gasteiger partial charge in [-0.15, -0.1) is 0 Å². The smallest absolute Gasteiger partial charge is 0.333 e. The predicted octanol–water partition coefficient (Wildman–Crippen LogP) is 5.31. The Morgan fingerprint density at radius 2 is 1.44 bits per heavy atom. The summed E-state index contributed by atoms with van der Waals surface area (Å²) in [4.78, 5) is 14.4. The number of hydrogen-bond donors (Lipinski definition) is 0. The Bertz CT molecular complexity index is 941. The van der Waals surface area contributed by atoms with Gasteiger partial charge in [-0.1, -0.05) is 72.8 Å². The second kappa shape index (κ2) is 6.95. The first-order valence-electron chi connectivity index (χ1n) is 8.96. The van der Waals surface area contributed by atoms with Crippen molar-refractivity contribution >= 4 is 11.5 Å². The number of halogens is 2. The number of rotatable bonds is 4. The van der Waals surface area contributed by atoms with E-state index < -0.39 is 17.7 Å². The maximum Gasteiger partial charge on any atom is 0.333 e. The van der Waals surface area contributed by atoms with E-state index in [-0.39, 0.29) is 5.56 Å². The van der Waals surface area contributed by atoms with Crippen LogP contribution in [0.5, 0.6) is 0 Å². The fourth-order valence-electron chi connectivity index (χ4n) is 3.76. The SMILES string of the molecule is O=C(c1ccccc1)C(F)(F)C1c2ccccc2CCN1c1ccccc1. The summed E-state index contributed by atoms with van der Waals surface area (Å²) in [5, 5.41) is 0. The number of nitrogens with zero attached hydrogens (tertiary/aromatic N) is 1. The van der Waals surface area contributed by atoms with Crippen molar-refractivity contribution in [1.29, 1.82) is 0 Å². The molecule has 0 saturated carbocycles. The van der Waals surface area contributed by atoms with Crippen molar-refractivity contribution in [2.75, 3.05) is 11.4 Å². The molecule has 0 radical (unpaired) electrons. The van der Waals surface area contributed by atoms with Gasteiger partial charge in [0.05, 0.1) is 0 Å². The number of carbonyl (C=O) groups is 1. The third kappa shape index (κ3) is 3.12. The van der Waals surface area contributed by atoms with Crippen LogP contribution in [0, 0.1) is 0 Å². The van der Waals surface area contributed by atoms with Crippen molar-refractivity contribution in [3.8, 4) is 0 Å². The number of Topliss-reactive ketones (excluding diaryl/α,β-unsaturated/α-hetero) is 1. The number of hydrogen-bond acceptors (Lipinski definition) is 2. The molecule has 1 aliphatic rings. The van der Waals surface area contributed by atoms with Gasteiger partial charge in [0.2, 0.25) is 5.78 Å². The number of para-hydroxylation sites is 1. The molecule has 0 spiro atoms. The van der Waals surface area contributed by atoms with Gasteiger partial charge >= 0.3 is 5.92 Å². The van der Waals surface area contributed by atoms with Gasteiger partial charge < -0.3 is 4.90 Å². The second-order valence-corrected chi connectivity index (χ2v) is 6.70. The minimum Gasteiger partial charge on any atom is -0.358 e. The van der Waals surface area contributed by atoms with Crippen molar-refractivity contribution in [1.82, 2.24) is 0 Å². The molecule has 0 fully saturated rings. The van der Waals surface area contributed by atoms with Gasteiger partial charge in [-0.25, -0.2) is 0 Å². The molecule has 0 N–H and O–H groups in total. The third-order valence-electron chi connectivity index (χ3n) is 5.05. The van der Waals surface area contributed by atoms with Crippen LogP contribution in [-0.4, -0.2) is 18.3 Å². The summed E-state index contributed by atoms with van der Waals surface area (Å²) in [6.45, 7) is 0.434. The lowest BCUT2D eigenvalue weighted by atomic mass is 9.85. The lowest BCUT2D eigenvalue weighted by Gasteiger charge is -2.42. The van der Waals surface area contributed by atoms with Crippen LogP contribution >= 0.6 is 0 Å². The van der Waals surface area contributed by atoms with Crippen LogP contribution in [-0.2, 0) is 6.42 Å². The van der Waals surface area contributed by atoms with Crippen molar-refractivity contribution in [3.63, 3.8) is 0 Å². The van der Waals surface area contributed by atoms with E-state index in [0.717, 1.165) is 5.56 Å². The highest BCUT2D eigenvalue weighted by Gasteiger charge is 2.52. The molecule has 0 saturated heterocycles. The molecular weight excluding hydrogens is 344 g/mol. The molecule has 2 nitrogen and oxygen atoms in total. The summed E-state index contributed by atoms with van der Waals surface area (Å²) < 4.78 is 31.2. The topological polar surface area (TPSA) is 20.3 Å². The molecule has 1 aliphatic heterocycles. The molecule has 1 unspecified atom stereocenters. The van der Waals surface area contributed by atoms with Crippen molar-refractivity contribution < 1.29 is 13.6 Å². The van der Waals surface area contributed by atoms with Crippen LogP contribution in [0.3, 0.4) is 0 Å². The minimum atomic E-state index is -3.56. The standard InChI is InChI=1S/C23H19F2NO/c24-23(25,22(27)18-10-3-1-4-11-18)21-20-14-8-7-9-17(20)15-16-26(21)19-12-5-2-6-13-19/h1-14,21H,15-16H2. The van der Waals surface area contributed by atoms with E-state index in [9.17, 15) is 4.79 Å². The highest BCUT2D eigenvalue weighted by Crippen LogP contribution is 2.44. The normalized spacial score (nSPS) is 16.7. The predicted molar refractivity (Wildman–Crippen MR) is 102 cm³/mol. The van der Waals surface area contributed by atoms with E-state index in [2.05, 4.69) is 0 Å². The van der Waals surface area contributed by atoms with E-state index in [1.54, 1.807) is 35.2 Å². The quantitative estimate of drug-likeness (QED) is 0.586. The fraction of sp³-hybridized carbons (Fsp3) is 0.174. The lowest BCUT2D eigenvalue weighted by molar-refractivity contribution is -0.0104. The Morgan fingerprint density at radius 1 is 0.852 bits per heavy atom. The molecule has 1 heterocycles. The lowest BCUT2D eigenvalue weighted by Crippen LogP contribution is -2.49. The zero-order chi connectivity index (χ0) is 18.9. The number of ketones is 1. The van der Waals surface area contributed by atoms with Gasteiger partial charge in [-0.3, -0.25) is 4.79 Å². The Hall–Kier alpha value is -3.01. The number of alkyl halides is 2. The summed E-state index contributed by atoms with van der Waals surface area (Å²) in [6, 6.07) is 22.8. The molecule has 27 heavy (non-hydrogen) atoms. The van der Waals surface area contributed by atoms with Crippen molar-refractivity contribution in [2.45, 2.75) is 18.4 Å². The molecule has 0 aliphatic carbocycles. The van der Waals surface area contributed by atoms with Crippen LogP contribution in [0.4, 0.5) is 14.5 Å². The summed E-state index contributed by atoms with van der Waals surface area (Å²) in [5.74, 6) is -4.71. The largest absolute Gasteiger partial charge is 0.358 e. The first kappa shape index (κ1) is 17.4. The van der Waals surface area contributed by atoms with Gasteiger partial charge in [0.1, 0.15) is 6.04 Å². The fourth-order valence-corrected chi connectivity index (χ4v) is 3.76. The summed E-state index contributed by atoms with van der Waals surface area (Å²) in [7, 11) is 0. The summed E-state index contributed by atoms with van der Waals surface area (Å²) in [5.41, 5.74) is 2.10. The van der Waals surface area contributed by atoms with Crippen LogP contribution in [0.2, 0.25) is 0 Å². The number of anilines is 1. The first-order chi connectivity index (χ1) is 13.1. The van der Waals surface area contributed by atoms with Crippen molar-refractivity contribution in [3.05, 3.63) is 102 Å². The molecule has 3 aromatic carbocycles. The molecule has 1 atom stereocenters. The van der Waals surface area contributed by atoms with Gasteiger partial charge in [0, 0.05) is 17.8 Å². The van der Waals surface area contributed by atoms with E-state index >= 15 is 8.78 Å². The summed E-state index contributed by atoms with van der Waals surface area (Å²) in [6.07, 6.45) is 0.664. The molecule has 4 rings (SSSR count). The number of fused-ring (bicyclic) bond motifs is 1. The Kier molecular flexibility index (Phi) is 4.48. The molecule has 136 valence electrons. The van der Waals surface area contributed by atoms with Crippen LogP contribution in [0.15, 0.2) is 84.9 Å². The Labute approximate surface area is 157 Å². The van der Waals surface area contributed by atoms with Crippen LogP contribution in [0.1, 0.15) is 27.5 Å². The first-order valence-corrected chi connectivity index (χ1v) is 8.96. The second-order valence-electron chi connectivity index (χ2n) is 6.70. The highest BCUT2D eigenvalue weighted by molar-refractivity contribution is 6.02. The molecule has 0 bridgehead atoms. The van der Waals surface area contributed by atoms with Crippen LogP contribution in [0.25, 0.3) is 0 Å². The van der Waals surface area contributed by atoms with Gasteiger partial charge in [-0.05, 0) is 29.7 Å². The van der Waals surface area contributed by atoms with Crippen molar-refractivity contribution in [2.24, 2.45) is 0 Å². The maximum atomic E-state index is 15.6. The van der Waals surface area contributed by atoms with E-state index in [1.165, 1.54) is 12.1 Å². The number of benzene rings is 3. The van der Waals surface area contributed by atoms with Gasteiger partial charge in [0.25, 0.3) is 0 Å². The van der Waals surface area contributed by atoms with Gasteiger partial charge in [-0.2, -0.15) is 8.78 Å². The van der Waals surface area contributed by atoms with Gasteiger partial charge in [0.15, 0.2) is 0 Å². The van der Waals surface area contributed by atoms with E-state index in [1.807, 2.05) is 42.5 Å².